The Balaban J connectivity index is 2.05. The molecule has 0 amide bonds. The molecule has 1 fully saturated rings. The first-order valence-electron chi connectivity index (χ1n) is 6.46. The first kappa shape index (κ1) is 14.6. The van der Waals surface area contributed by atoms with Gasteiger partial charge in [-0.25, -0.2) is 4.57 Å². The maximum atomic E-state index is 12.4. The van der Waals surface area contributed by atoms with Crippen LogP contribution in [0.2, 0.25) is 5.02 Å². The van der Waals surface area contributed by atoms with Crippen LogP contribution in [0.1, 0.15) is 18.7 Å². The molecule has 0 saturated carbocycles. The molecule has 22 heavy (non-hydrogen) atoms. The predicted octanol–water partition coefficient (Wildman–Crippen LogP) is 2.14. The summed E-state index contributed by atoms with van der Waals surface area (Å²) in [5.41, 5.74) is -1.04. The smallest absolute Gasteiger partial charge is 0.251 e. The lowest BCUT2D eigenvalue weighted by atomic mass is 9.91. The van der Waals surface area contributed by atoms with Gasteiger partial charge in [0.15, 0.2) is 17.4 Å². The molecule has 1 aromatic carbocycles. The molecule has 7 heteroatoms. The molecular weight excluding hydrogens is 310 g/mol. The first-order chi connectivity index (χ1) is 10.3. The number of ether oxygens (including phenoxy) is 1. The highest BCUT2D eigenvalue weighted by molar-refractivity contribution is 6.42. The molecule has 0 bridgehead atoms. The van der Waals surface area contributed by atoms with E-state index in [1.54, 1.807) is 24.3 Å². The molecule has 0 aliphatic carbocycles. The number of carbonyl (C=O) groups excluding carboxylic acids is 2. The molecule has 1 aromatic heterocycles. The number of benzene rings is 1. The Morgan fingerprint density at radius 1 is 1.09 bits per heavy atom. The number of aromatic hydroxyl groups is 2. The molecule has 2 unspecified atom stereocenters. The van der Waals surface area contributed by atoms with Crippen molar-refractivity contribution in [1.82, 2.24) is 4.57 Å². The number of nitrogens with zero attached hydrogens (tertiary/aromatic N) is 1. The molecule has 2 atom stereocenters. The van der Waals surface area contributed by atoms with Crippen LogP contribution in [0, 0.1) is 0 Å². The quantitative estimate of drug-likeness (QED) is 0.827. The normalized spacial score (nSPS) is 24.9. The summed E-state index contributed by atoms with van der Waals surface area (Å²) in [6, 6.07) is 8.75. The van der Waals surface area contributed by atoms with Crippen LogP contribution in [-0.2, 0) is 19.9 Å². The summed E-state index contributed by atoms with van der Waals surface area (Å²) >= 11 is 5.82. The molecule has 1 aliphatic rings. The van der Waals surface area contributed by atoms with Crippen LogP contribution in [0.4, 0.5) is 0 Å². The predicted molar refractivity (Wildman–Crippen MR) is 76.7 cm³/mol. The number of rotatable bonds is 2. The number of halogens is 1. The van der Waals surface area contributed by atoms with Crippen LogP contribution in [0.5, 0.6) is 11.8 Å². The van der Waals surface area contributed by atoms with Crippen LogP contribution < -0.4 is 0 Å². The topological polar surface area (TPSA) is 88.8 Å². The third-order valence-electron chi connectivity index (χ3n) is 3.73. The van der Waals surface area contributed by atoms with Gasteiger partial charge in [-0.1, -0.05) is 23.7 Å². The van der Waals surface area contributed by atoms with Crippen LogP contribution in [0.15, 0.2) is 36.4 Å². The van der Waals surface area contributed by atoms with Crippen molar-refractivity contribution in [2.24, 2.45) is 0 Å². The van der Waals surface area contributed by atoms with Gasteiger partial charge < -0.3 is 14.9 Å². The minimum atomic E-state index is -1.50. The van der Waals surface area contributed by atoms with Crippen molar-refractivity contribution in [1.29, 1.82) is 0 Å². The molecular formula is C15H12ClNO5. The highest BCUT2D eigenvalue weighted by atomic mass is 35.5. The second-order valence-electron chi connectivity index (χ2n) is 5.12. The number of hydrogen-bond donors (Lipinski definition) is 2. The van der Waals surface area contributed by atoms with Gasteiger partial charge in [-0.05, 0) is 24.6 Å². The van der Waals surface area contributed by atoms with Gasteiger partial charge in [0, 0.05) is 17.2 Å². The van der Waals surface area contributed by atoms with E-state index in [2.05, 4.69) is 0 Å². The van der Waals surface area contributed by atoms with E-state index in [-0.39, 0.29) is 11.8 Å². The number of Topliss-reactive ketones (excluding diaryl/α,β-unsaturated/α-hetero) is 2. The molecule has 2 aromatic rings. The maximum absolute atomic E-state index is 12.4. The number of hydrogen-bond acceptors (Lipinski definition) is 5. The van der Waals surface area contributed by atoms with Crippen molar-refractivity contribution >= 4 is 23.2 Å². The van der Waals surface area contributed by atoms with E-state index in [1.165, 1.54) is 19.1 Å². The Kier molecular flexibility index (Phi) is 3.23. The molecule has 1 aliphatic heterocycles. The molecule has 0 spiro atoms. The first-order valence-corrected chi connectivity index (χ1v) is 6.84. The van der Waals surface area contributed by atoms with Crippen molar-refractivity contribution < 1.29 is 24.5 Å². The summed E-state index contributed by atoms with van der Waals surface area (Å²) in [5.74, 6) is -2.35. The van der Waals surface area contributed by atoms with Crippen LogP contribution in [0.25, 0.3) is 0 Å². The van der Waals surface area contributed by atoms with Gasteiger partial charge in [-0.2, -0.15) is 0 Å². The average Bonchev–Trinajstić information content (AvgIpc) is 2.93. The second kappa shape index (κ2) is 4.86. The average molecular weight is 322 g/mol. The van der Waals surface area contributed by atoms with Crippen molar-refractivity contribution in [3.63, 3.8) is 0 Å². The van der Waals surface area contributed by atoms with Gasteiger partial charge in [-0.3, -0.25) is 9.59 Å². The minimum Gasteiger partial charge on any atom is -0.494 e. The largest absolute Gasteiger partial charge is 0.494 e. The molecule has 1 saturated heterocycles. The van der Waals surface area contributed by atoms with Gasteiger partial charge in [0.1, 0.15) is 0 Å². The lowest BCUT2D eigenvalue weighted by Crippen LogP contribution is -2.31. The Morgan fingerprint density at radius 3 is 2.18 bits per heavy atom. The third-order valence-corrected chi connectivity index (χ3v) is 3.99. The molecule has 114 valence electrons. The lowest BCUT2D eigenvalue weighted by molar-refractivity contribution is -0.138. The van der Waals surface area contributed by atoms with E-state index in [9.17, 15) is 19.8 Å². The van der Waals surface area contributed by atoms with Crippen LogP contribution >= 0.6 is 11.6 Å². The molecule has 6 nitrogen and oxygen atoms in total. The lowest BCUT2D eigenvalue weighted by Gasteiger charge is -2.23. The molecule has 2 heterocycles. The maximum Gasteiger partial charge on any atom is 0.251 e. The summed E-state index contributed by atoms with van der Waals surface area (Å²) in [5, 5.41) is 19.9. The highest BCUT2D eigenvalue weighted by Crippen LogP contribution is 2.42. The van der Waals surface area contributed by atoms with Crippen molar-refractivity contribution in [2.75, 3.05) is 0 Å². The van der Waals surface area contributed by atoms with E-state index in [1.807, 2.05) is 0 Å². The van der Waals surface area contributed by atoms with Gasteiger partial charge in [0.2, 0.25) is 12.0 Å². The number of aromatic nitrogens is 1. The van der Waals surface area contributed by atoms with Crippen molar-refractivity contribution in [2.45, 2.75) is 18.8 Å². The second-order valence-corrected chi connectivity index (χ2v) is 5.56. The van der Waals surface area contributed by atoms with Gasteiger partial charge in [0.05, 0.1) is 0 Å². The monoisotopic (exact) mass is 321 g/mol. The number of ketones is 2. The Morgan fingerprint density at radius 2 is 1.64 bits per heavy atom. The Hall–Kier alpha value is -2.31. The van der Waals surface area contributed by atoms with E-state index < -0.39 is 23.4 Å². The Labute approximate surface area is 130 Å². The fraction of sp³-hybridized carbons (Fsp3) is 0.200. The Bertz CT molecular complexity index is 747. The van der Waals surface area contributed by atoms with E-state index >= 15 is 0 Å². The molecule has 3 rings (SSSR count). The third kappa shape index (κ3) is 2.00. The number of carbonyl (C=O) groups is 2. The summed E-state index contributed by atoms with van der Waals surface area (Å²) in [4.78, 5) is 24.6. The summed E-state index contributed by atoms with van der Waals surface area (Å²) < 4.78 is 6.47. The fourth-order valence-electron chi connectivity index (χ4n) is 2.48. The zero-order valence-corrected chi connectivity index (χ0v) is 12.2. The zero-order valence-electron chi connectivity index (χ0n) is 11.5. The van der Waals surface area contributed by atoms with Crippen molar-refractivity contribution in [3.05, 3.63) is 47.0 Å². The van der Waals surface area contributed by atoms with Crippen LogP contribution in [-0.4, -0.2) is 26.3 Å². The summed E-state index contributed by atoms with van der Waals surface area (Å²) in [7, 11) is 0. The minimum absolute atomic E-state index is 0.371. The SMILES string of the molecule is CC1(c2ccc(Cl)cc2)OC(n2c(O)ccc2O)C(=O)C1=O. The van der Waals surface area contributed by atoms with Gasteiger partial charge >= 0.3 is 0 Å². The van der Waals surface area contributed by atoms with Gasteiger partial charge in [0.25, 0.3) is 5.78 Å². The molecule has 2 N–H and O–H groups in total. The standard InChI is InChI=1S/C15H12ClNO5/c1-15(8-2-4-9(16)5-3-8)13(21)12(20)14(22-15)17-10(18)6-7-11(17)19/h2-7,14,18-19H,1H3. The zero-order chi connectivity index (χ0) is 16.1. The molecule has 0 radical (unpaired) electrons. The summed E-state index contributed by atoms with van der Waals surface area (Å²) in [6.07, 6.45) is -1.41. The summed E-state index contributed by atoms with van der Waals surface area (Å²) in [6.45, 7) is 1.47. The van der Waals surface area contributed by atoms with Crippen LogP contribution in [0.3, 0.4) is 0 Å². The van der Waals surface area contributed by atoms with E-state index in [0.717, 1.165) is 4.57 Å². The van der Waals surface area contributed by atoms with Crippen molar-refractivity contribution in [3.8, 4) is 11.8 Å². The van der Waals surface area contributed by atoms with Gasteiger partial charge in [-0.15, -0.1) is 0 Å². The highest BCUT2D eigenvalue weighted by Gasteiger charge is 2.53. The van der Waals surface area contributed by atoms with E-state index in [0.29, 0.717) is 10.6 Å². The fourth-order valence-corrected chi connectivity index (χ4v) is 2.61. The van der Waals surface area contributed by atoms with E-state index in [4.69, 9.17) is 16.3 Å².